The highest BCUT2D eigenvalue weighted by molar-refractivity contribution is 5.94. The molecule has 1 amide bonds. The summed E-state index contributed by atoms with van der Waals surface area (Å²) >= 11 is 0. The van der Waals surface area contributed by atoms with E-state index in [1.807, 2.05) is 0 Å². The number of nitrogens with zero attached hydrogens (tertiary/aromatic N) is 1. The number of nitrogen functional groups attached to an aromatic ring is 1. The summed E-state index contributed by atoms with van der Waals surface area (Å²) in [4.78, 5) is 11.4. The molecule has 70 valence electrons. The number of amides is 1. The van der Waals surface area contributed by atoms with Gasteiger partial charge in [-0.1, -0.05) is 0 Å². The van der Waals surface area contributed by atoms with Crippen molar-refractivity contribution in [3.8, 4) is 0 Å². The molecule has 0 unspecified atom stereocenters. The average Bonchev–Trinajstić information content (AvgIpc) is 2.04. The Hall–Kier alpha value is -1.55. The number of hydrazine groups is 1. The molecule has 0 spiro atoms. The van der Waals surface area contributed by atoms with Crippen molar-refractivity contribution in [3.63, 3.8) is 0 Å². The topological polar surface area (TPSA) is 58.4 Å². The number of nitrogens with two attached hydrogens (primary N) is 1. The minimum Gasteiger partial charge on any atom is -0.399 e. The van der Waals surface area contributed by atoms with Gasteiger partial charge >= 0.3 is 0 Å². The molecular weight excluding hydrogens is 166 g/mol. The molecule has 0 bridgehead atoms. The third-order valence-corrected chi connectivity index (χ3v) is 1.50. The third kappa shape index (κ3) is 2.76. The van der Waals surface area contributed by atoms with Gasteiger partial charge < -0.3 is 5.73 Å². The molecule has 0 heterocycles. The summed E-state index contributed by atoms with van der Waals surface area (Å²) in [5.74, 6) is -0.134. The molecule has 1 aromatic carbocycles. The van der Waals surface area contributed by atoms with E-state index in [4.69, 9.17) is 5.73 Å². The molecule has 13 heavy (non-hydrogen) atoms. The Balaban J connectivity index is 2.72. The van der Waals surface area contributed by atoms with Gasteiger partial charge in [0.2, 0.25) is 0 Å². The zero-order chi connectivity index (χ0) is 9.84. The predicted molar refractivity (Wildman–Crippen MR) is 52.0 cm³/mol. The lowest BCUT2D eigenvalue weighted by molar-refractivity contribution is 0.0857. The van der Waals surface area contributed by atoms with Crippen LogP contribution in [-0.2, 0) is 0 Å². The van der Waals surface area contributed by atoms with Crippen LogP contribution >= 0.6 is 0 Å². The summed E-state index contributed by atoms with van der Waals surface area (Å²) in [7, 11) is 3.52. The minimum absolute atomic E-state index is 0.134. The third-order valence-electron chi connectivity index (χ3n) is 1.50. The molecule has 0 aliphatic carbocycles. The molecular formula is C9H13N3O. The Labute approximate surface area is 77.3 Å². The van der Waals surface area contributed by atoms with Crippen LogP contribution in [0.4, 0.5) is 5.69 Å². The van der Waals surface area contributed by atoms with E-state index in [1.165, 1.54) is 0 Å². The van der Waals surface area contributed by atoms with E-state index in [1.54, 1.807) is 43.4 Å². The van der Waals surface area contributed by atoms with Gasteiger partial charge in [-0.25, -0.2) is 5.01 Å². The van der Waals surface area contributed by atoms with Gasteiger partial charge in [0.25, 0.3) is 5.91 Å². The lowest BCUT2D eigenvalue weighted by Gasteiger charge is -2.11. The lowest BCUT2D eigenvalue weighted by atomic mass is 10.2. The van der Waals surface area contributed by atoms with Crippen molar-refractivity contribution in [2.45, 2.75) is 0 Å². The molecule has 0 saturated heterocycles. The number of carbonyl (C=O) groups is 1. The number of carbonyl (C=O) groups excluding carboxylic acids is 1. The number of benzene rings is 1. The monoisotopic (exact) mass is 179 g/mol. The van der Waals surface area contributed by atoms with Crippen LogP contribution in [0.25, 0.3) is 0 Å². The molecule has 4 heteroatoms. The zero-order valence-corrected chi connectivity index (χ0v) is 7.74. The Kier molecular flexibility index (Phi) is 2.87. The Bertz CT molecular complexity index is 292. The van der Waals surface area contributed by atoms with Crippen molar-refractivity contribution in [1.82, 2.24) is 10.4 Å². The second-order valence-corrected chi connectivity index (χ2v) is 2.96. The highest BCUT2D eigenvalue weighted by atomic mass is 16.2. The summed E-state index contributed by atoms with van der Waals surface area (Å²) in [6.07, 6.45) is 0. The fraction of sp³-hybridized carbons (Fsp3) is 0.222. The molecule has 0 saturated carbocycles. The van der Waals surface area contributed by atoms with Gasteiger partial charge in [-0.3, -0.25) is 10.2 Å². The molecule has 0 fully saturated rings. The molecule has 3 N–H and O–H groups in total. The normalized spacial score (nSPS) is 10.1. The fourth-order valence-corrected chi connectivity index (χ4v) is 0.902. The van der Waals surface area contributed by atoms with Crippen molar-refractivity contribution in [2.75, 3.05) is 19.8 Å². The van der Waals surface area contributed by atoms with E-state index in [2.05, 4.69) is 5.43 Å². The molecule has 4 nitrogen and oxygen atoms in total. The van der Waals surface area contributed by atoms with E-state index in [0.29, 0.717) is 11.3 Å². The second-order valence-electron chi connectivity index (χ2n) is 2.96. The van der Waals surface area contributed by atoms with Crippen molar-refractivity contribution in [2.24, 2.45) is 0 Å². The van der Waals surface area contributed by atoms with E-state index < -0.39 is 0 Å². The van der Waals surface area contributed by atoms with Gasteiger partial charge in [0, 0.05) is 25.3 Å². The number of hydrogen-bond donors (Lipinski definition) is 2. The van der Waals surface area contributed by atoms with Crippen LogP contribution in [-0.4, -0.2) is 25.0 Å². The maximum atomic E-state index is 11.4. The highest BCUT2D eigenvalue weighted by Gasteiger charge is 2.04. The molecule has 0 aliphatic heterocycles. The Morgan fingerprint density at radius 1 is 1.31 bits per heavy atom. The molecule has 0 aromatic heterocycles. The van der Waals surface area contributed by atoms with Crippen molar-refractivity contribution < 1.29 is 4.79 Å². The summed E-state index contributed by atoms with van der Waals surface area (Å²) in [6, 6.07) is 6.78. The molecule has 1 aromatic rings. The summed E-state index contributed by atoms with van der Waals surface area (Å²) in [5, 5.41) is 1.60. The van der Waals surface area contributed by atoms with Gasteiger partial charge in [-0.2, -0.15) is 0 Å². The maximum absolute atomic E-state index is 11.4. The molecule has 0 aliphatic rings. The van der Waals surface area contributed by atoms with Gasteiger partial charge in [0.1, 0.15) is 0 Å². The molecule has 1 rings (SSSR count). The summed E-state index contributed by atoms with van der Waals surface area (Å²) in [6.45, 7) is 0. The second kappa shape index (κ2) is 3.91. The first-order chi connectivity index (χ1) is 6.09. The summed E-state index contributed by atoms with van der Waals surface area (Å²) in [5.41, 5.74) is 9.37. The average molecular weight is 179 g/mol. The number of hydrogen-bond acceptors (Lipinski definition) is 3. The van der Waals surface area contributed by atoms with E-state index >= 15 is 0 Å². The van der Waals surface area contributed by atoms with Crippen LogP contribution in [0.3, 0.4) is 0 Å². The summed E-state index contributed by atoms with van der Waals surface area (Å²) < 4.78 is 0. The van der Waals surface area contributed by atoms with Crippen molar-refractivity contribution in [1.29, 1.82) is 0 Å². The van der Waals surface area contributed by atoms with Gasteiger partial charge in [-0.05, 0) is 24.3 Å². The first-order valence-corrected chi connectivity index (χ1v) is 3.93. The largest absolute Gasteiger partial charge is 0.399 e. The quantitative estimate of drug-likeness (QED) is 0.512. The van der Waals surface area contributed by atoms with Crippen molar-refractivity contribution >= 4 is 11.6 Å². The predicted octanol–water partition coefficient (Wildman–Crippen LogP) is 0.475. The molecule has 0 atom stereocenters. The number of rotatable bonds is 2. The molecule has 0 radical (unpaired) electrons. The lowest BCUT2D eigenvalue weighted by Crippen LogP contribution is -2.36. The first kappa shape index (κ1) is 9.54. The van der Waals surface area contributed by atoms with Gasteiger partial charge in [0.05, 0.1) is 0 Å². The SMILES string of the molecule is CN(C)NC(=O)c1ccc(N)cc1. The van der Waals surface area contributed by atoms with E-state index in [-0.39, 0.29) is 5.91 Å². The first-order valence-electron chi connectivity index (χ1n) is 3.93. The smallest absolute Gasteiger partial charge is 0.265 e. The Morgan fingerprint density at radius 3 is 2.31 bits per heavy atom. The van der Waals surface area contributed by atoms with Crippen LogP contribution in [0.1, 0.15) is 10.4 Å². The number of anilines is 1. The van der Waals surface area contributed by atoms with Crippen LogP contribution < -0.4 is 11.2 Å². The fourth-order valence-electron chi connectivity index (χ4n) is 0.902. The van der Waals surface area contributed by atoms with Crippen LogP contribution in [0.15, 0.2) is 24.3 Å². The minimum atomic E-state index is -0.134. The van der Waals surface area contributed by atoms with Gasteiger partial charge in [-0.15, -0.1) is 0 Å². The van der Waals surface area contributed by atoms with Crippen LogP contribution in [0.2, 0.25) is 0 Å². The van der Waals surface area contributed by atoms with Crippen LogP contribution in [0.5, 0.6) is 0 Å². The standard InChI is InChI=1S/C9H13N3O/c1-12(2)11-9(13)7-3-5-8(10)6-4-7/h3-6H,10H2,1-2H3,(H,11,13). The highest BCUT2D eigenvalue weighted by Crippen LogP contribution is 2.04. The van der Waals surface area contributed by atoms with Crippen LogP contribution in [0, 0.1) is 0 Å². The Morgan fingerprint density at radius 2 is 1.85 bits per heavy atom. The van der Waals surface area contributed by atoms with Gasteiger partial charge in [0.15, 0.2) is 0 Å². The number of nitrogens with one attached hydrogen (secondary N) is 1. The van der Waals surface area contributed by atoms with Crippen molar-refractivity contribution in [3.05, 3.63) is 29.8 Å². The van der Waals surface area contributed by atoms with E-state index in [0.717, 1.165) is 0 Å². The zero-order valence-electron chi connectivity index (χ0n) is 7.74. The van der Waals surface area contributed by atoms with E-state index in [9.17, 15) is 4.79 Å². The maximum Gasteiger partial charge on any atom is 0.265 e.